The molecule has 1 aromatic carbocycles. The number of aliphatic carboxylic acids is 1. The van der Waals surface area contributed by atoms with Gasteiger partial charge in [0.25, 0.3) is 0 Å². The molecule has 1 aromatic heterocycles. The lowest BCUT2D eigenvalue weighted by Gasteiger charge is -2.19. The first-order valence-electron chi connectivity index (χ1n) is 7.10. The van der Waals surface area contributed by atoms with Gasteiger partial charge in [-0.1, -0.05) is 6.07 Å². The van der Waals surface area contributed by atoms with Gasteiger partial charge in [0, 0.05) is 11.8 Å². The topological polar surface area (TPSA) is 55.1 Å². The van der Waals surface area contributed by atoms with Crippen molar-refractivity contribution in [3.05, 3.63) is 41.6 Å². The molecule has 0 atom stereocenters. The normalized spacial score (nSPS) is 15.1. The summed E-state index contributed by atoms with van der Waals surface area (Å²) >= 11 is 0. The lowest BCUT2D eigenvalue weighted by Crippen LogP contribution is -2.36. The van der Waals surface area contributed by atoms with Crippen molar-refractivity contribution in [2.24, 2.45) is 0 Å². The number of hydrogen-bond acceptors (Lipinski definition) is 2. The van der Waals surface area contributed by atoms with Crippen molar-refractivity contribution in [1.82, 2.24) is 9.78 Å². The van der Waals surface area contributed by atoms with E-state index in [2.05, 4.69) is 5.10 Å². The molecule has 0 unspecified atom stereocenters. The van der Waals surface area contributed by atoms with Gasteiger partial charge in [-0.2, -0.15) is 5.10 Å². The van der Waals surface area contributed by atoms with Gasteiger partial charge in [-0.25, -0.2) is 13.6 Å². The SMILES string of the molecule is CC(C)(C(=O)O)n1cc(C2CC2)c(-c2c(F)cccc2F)n1. The van der Waals surface area contributed by atoms with E-state index in [4.69, 9.17) is 0 Å². The van der Waals surface area contributed by atoms with Crippen molar-refractivity contribution < 1.29 is 18.7 Å². The van der Waals surface area contributed by atoms with E-state index < -0.39 is 23.1 Å². The number of nitrogens with zero attached hydrogens (tertiary/aromatic N) is 2. The molecule has 0 radical (unpaired) electrons. The van der Waals surface area contributed by atoms with Crippen molar-refractivity contribution in [1.29, 1.82) is 0 Å². The average Bonchev–Trinajstić information content (AvgIpc) is 3.18. The molecule has 1 N–H and O–H groups in total. The van der Waals surface area contributed by atoms with Crippen LogP contribution in [0.5, 0.6) is 0 Å². The van der Waals surface area contributed by atoms with Crippen LogP contribution in [0.1, 0.15) is 38.2 Å². The summed E-state index contributed by atoms with van der Waals surface area (Å²) in [5.74, 6) is -2.26. The largest absolute Gasteiger partial charge is 0.479 e. The van der Waals surface area contributed by atoms with Crippen LogP contribution in [0.4, 0.5) is 8.78 Å². The fourth-order valence-corrected chi connectivity index (χ4v) is 2.38. The van der Waals surface area contributed by atoms with Crippen LogP contribution in [0.2, 0.25) is 0 Å². The molecule has 1 fully saturated rings. The van der Waals surface area contributed by atoms with Crippen molar-refractivity contribution >= 4 is 5.97 Å². The number of carboxylic acids is 1. The molecule has 0 aliphatic heterocycles. The van der Waals surface area contributed by atoms with E-state index in [1.807, 2.05) is 0 Å². The number of hydrogen-bond donors (Lipinski definition) is 1. The summed E-state index contributed by atoms with van der Waals surface area (Å²) in [6.45, 7) is 3.00. The van der Waals surface area contributed by atoms with E-state index in [0.29, 0.717) is 5.56 Å². The zero-order valence-corrected chi connectivity index (χ0v) is 12.3. The number of rotatable bonds is 4. The molecular formula is C16H16F2N2O2. The quantitative estimate of drug-likeness (QED) is 0.940. The Bertz CT molecular complexity index is 728. The Hall–Kier alpha value is -2.24. The highest BCUT2D eigenvalue weighted by Gasteiger charge is 2.36. The summed E-state index contributed by atoms with van der Waals surface area (Å²) in [6, 6.07) is 3.65. The minimum atomic E-state index is -1.29. The van der Waals surface area contributed by atoms with Gasteiger partial charge >= 0.3 is 5.97 Å². The summed E-state index contributed by atoms with van der Waals surface area (Å²) in [7, 11) is 0. The molecule has 116 valence electrons. The summed E-state index contributed by atoms with van der Waals surface area (Å²) in [5, 5.41) is 13.5. The lowest BCUT2D eigenvalue weighted by atomic mass is 10.0. The molecule has 6 heteroatoms. The van der Waals surface area contributed by atoms with Gasteiger partial charge in [-0.15, -0.1) is 0 Å². The van der Waals surface area contributed by atoms with E-state index in [0.717, 1.165) is 12.8 Å². The lowest BCUT2D eigenvalue weighted by molar-refractivity contribution is -0.146. The van der Waals surface area contributed by atoms with E-state index in [9.17, 15) is 18.7 Å². The molecule has 2 aromatic rings. The third-order valence-electron chi connectivity index (χ3n) is 4.06. The summed E-state index contributed by atoms with van der Waals surface area (Å²) in [5.41, 5.74) is -0.570. The Kier molecular flexibility index (Phi) is 3.27. The summed E-state index contributed by atoms with van der Waals surface area (Å²) in [6.07, 6.45) is 3.44. The highest BCUT2D eigenvalue weighted by Crippen LogP contribution is 2.45. The molecule has 1 saturated carbocycles. The second kappa shape index (κ2) is 4.90. The number of aromatic nitrogens is 2. The predicted molar refractivity (Wildman–Crippen MR) is 76.5 cm³/mol. The van der Waals surface area contributed by atoms with Crippen LogP contribution in [0, 0.1) is 11.6 Å². The highest BCUT2D eigenvalue weighted by molar-refractivity contribution is 5.76. The first-order valence-corrected chi connectivity index (χ1v) is 7.10. The molecule has 0 spiro atoms. The summed E-state index contributed by atoms with van der Waals surface area (Å²) < 4.78 is 29.4. The first-order chi connectivity index (χ1) is 10.3. The second-order valence-electron chi connectivity index (χ2n) is 6.11. The van der Waals surface area contributed by atoms with Crippen LogP contribution >= 0.6 is 0 Å². The van der Waals surface area contributed by atoms with Gasteiger partial charge in [-0.05, 0) is 44.7 Å². The fraction of sp³-hybridized carbons (Fsp3) is 0.375. The van der Waals surface area contributed by atoms with Gasteiger partial charge in [-0.3, -0.25) is 4.68 Å². The molecule has 22 heavy (non-hydrogen) atoms. The number of benzene rings is 1. The minimum Gasteiger partial charge on any atom is -0.479 e. The zero-order chi connectivity index (χ0) is 16.1. The molecule has 0 saturated heterocycles. The van der Waals surface area contributed by atoms with Crippen LogP contribution in [0.3, 0.4) is 0 Å². The predicted octanol–water partition coefficient (Wildman–Crippen LogP) is 3.53. The molecular weight excluding hydrogens is 290 g/mol. The van der Waals surface area contributed by atoms with Crippen molar-refractivity contribution in [3.8, 4) is 11.3 Å². The van der Waals surface area contributed by atoms with Crippen LogP contribution in [-0.4, -0.2) is 20.9 Å². The molecule has 3 rings (SSSR count). The highest BCUT2D eigenvalue weighted by atomic mass is 19.1. The maximum Gasteiger partial charge on any atom is 0.331 e. The second-order valence-corrected chi connectivity index (χ2v) is 6.11. The Morgan fingerprint density at radius 1 is 1.32 bits per heavy atom. The molecule has 4 nitrogen and oxygen atoms in total. The van der Waals surface area contributed by atoms with E-state index in [-0.39, 0.29) is 17.2 Å². The standard InChI is InChI=1S/C16H16F2N2O2/c1-16(2,15(21)22)20-8-10(9-6-7-9)14(19-20)13-11(17)4-3-5-12(13)18/h3-5,8-9H,6-7H2,1-2H3,(H,21,22). The summed E-state index contributed by atoms with van der Waals surface area (Å²) in [4.78, 5) is 11.4. The average molecular weight is 306 g/mol. The van der Waals surface area contributed by atoms with Crippen LogP contribution in [-0.2, 0) is 10.3 Å². The monoisotopic (exact) mass is 306 g/mol. The molecule has 1 aliphatic carbocycles. The van der Waals surface area contributed by atoms with Gasteiger partial charge in [0.15, 0.2) is 5.54 Å². The van der Waals surface area contributed by atoms with E-state index in [1.165, 1.54) is 36.7 Å². The van der Waals surface area contributed by atoms with Crippen LogP contribution in [0.25, 0.3) is 11.3 Å². The van der Waals surface area contributed by atoms with Crippen molar-refractivity contribution in [3.63, 3.8) is 0 Å². The van der Waals surface area contributed by atoms with E-state index >= 15 is 0 Å². The third-order valence-corrected chi connectivity index (χ3v) is 4.06. The maximum absolute atomic E-state index is 14.1. The molecule has 1 heterocycles. The third kappa shape index (κ3) is 2.28. The Labute approximate surface area is 126 Å². The van der Waals surface area contributed by atoms with Gasteiger partial charge in [0.2, 0.25) is 0 Å². The van der Waals surface area contributed by atoms with Crippen LogP contribution < -0.4 is 0 Å². The molecule has 1 aliphatic rings. The number of carbonyl (C=O) groups is 1. The number of halogens is 2. The zero-order valence-electron chi connectivity index (χ0n) is 12.3. The first kappa shape index (κ1) is 14.7. The van der Waals surface area contributed by atoms with Crippen molar-refractivity contribution in [2.75, 3.05) is 0 Å². The minimum absolute atomic E-state index is 0.187. The Balaban J connectivity index is 2.19. The fourth-order valence-electron chi connectivity index (χ4n) is 2.38. The smallest absolute Gasteiger partial charge is 0.331 e. The molecule has 0 bridgehead atoms. The molecule has 0 amide bonds. The Morgan fingerprint density at radius 2 is 1.91 bits per heavy atom. The maximum atomic E-state index is 14.1. The van der Waals surface area contributed by atoms with Gasteiger partial charge < -0.3 is 5.11 Å². The van der Waals surface area contributed by atoms with Gasteiger partial charge in [0.1, 0.15) is 17.3 Å². The van der Waals surface area contributed by atoms with Gasteiger partial charge in [0.05, 0.1) is 5.56 Å². The van der Waals surface area contributed by atoms with E-state index in [1.54, 1.807) is 6.20 Å². The van der Waals surface area contributed by atoms with Crippen LogP contribution in [0.15, 0.2) is 24.4 Å². The van der Waals surface area contributed by atoms with Crippen molar-refractivity contribution in [2.45, 2.75) is 38.1 Å². The Morgan fingerprint density at radius 3 is 2.41 bits per heavy atom. The number of carboxylic acid groups (broad SMARTS) is 1.